The molecular formula is C18H18O9. The van der Waals surface area contributed by atoms with Gasteiger partial charge < -0.3 is 34.7 Å². The predicted molar refractivity (Wildman–Crippen MR) is 90.6 cm³/mol. The second-order valence-corrected chi connectivity index (χ2v) is 6.48. The highest BCUT2D eigenvalue weighted by molar-refractivity contribution is 5.90. The Morgan fingerprint density at radius 3 is 2.70 bits per heavy atom. The van der Waals surface area contributed by atoms with Crippen molar-refractivity contribution in [1.82, 2.24) is 0 Å². The highest BCUT2D eigenvalue weighted by Gasteiger charge is 2.50. The van der Waals surface area contributed by atoms with Gasteiger partial charge in [0, 0.05) is 18.9 Å². The summed E-state index contributed by atoms with van der Waals surface area (Å²) in [5, 5.41) is 49.2. The zero-order valence-corrected chi connectivity index (χ0v) is 14.0. The number of phenolic OH excluding ortho intramolecular Hbond substituents is 1. The number of hydrogen-bond acceptors (Lipinski definition) is 8. The molecule has 0 spiro atoms. The molecule has 1 aromatic carbocycles. The summed E-state index contributed by atoms with van der Waals surface area (Å²) in [6.45, 7) is 0. The maximum atomic E-state index is 12.0. The van der Waals surface area contributed by atoms with E-state index >= 15 is 0 Å². The van der Waals surface area contributed by atoms with Gasteiger partial charge in [0.1, 0.15) is 23.5 Å². The van der Waals surface area contributed by atoms with E-state index in [9.17, 15) is 30.0 Å². The summed E-state index contributed by atoms with van der Waals surface area (Å²) in [5.74, 6) is -2.53. The standard InChI is InChI=1S/C18H18O9/c19-11-5-9(6-13-10(11)3-4-26-13)1-2-15(21)27-14-8-18(25,17(23)24)7-12(20)16(14)22/h1-6,12,14,16,19-20,22,25H,7-8H2,(H,23,24)/b2-1+/t12-,14-,16-,18+/m1/s1. The number of aliphatic hydroxyl groups excluding tert-OH is 2. The van der Waals surface area contributed by atoms with Crippen molar-refractivity contribution < 1.29 is 44.3 Å². The molecule has 1 fully saturated rings. The van der Waals surface area contributed by atoms with E-state index in [0.717, 1.165) is 6.08 Å². The van der Waals surface area contributed by atoms with Crippen LogP contribution in [-0.2, 0) is 14.3 Å². The van der Waals surface area contributed by atoms with Crippen LogP contribution < -0.4 is 0 Å². The van der Waals surface area contributed by atoms with Crippen LogP contribution in [0.2, 0.25) is 0 Å². The van der Waals surface area contributed by atoms with Crippen molar-refractivity contribution in [3.63, 3.8) is 0 Å². The summed E-state index contributed by atoms with van der Waals surface area (Å²) < 4.78 is 10.2. The number of carboxylic acid groups (broad SMARTS) is 1. The fourth-order valence-electron chi connectivity index (χ4n) is 3.06. The molecule has 3 rings (SSSR count). The lowest BCUT2D eigenvalue weighted by Gasteiger charge is -2.39. The molecule has 9 nitrogen and oxygen atoms in total. The third kappa shape index (κ3) is 3.80. The third-order valence-electron chi connectivity index (χ3n) is 4.51. The number of esters is 1. The lowest BCUT2D eigenvalue weighted by Crippen LogP contribution is -2.57. The third-order valence-corrected chi connectivity index (χ3v) is 4.51. The van der Waals surface area contributed by atoms with Crippen LogP contribution in [0.25, 0.3) is 17.0 Å². The molecule has 4 atom stereocenters. The number of fused-ring (bicyclic) bond motifs is 1. The molecule has 1 aliphatic rings. The minimum absolute atomic E-state index is 0.0355. The average Bonchev–Trinajstić information content (AvgIpc) is 3.06. The Balaban J connectivity index is 1.71. The minimum Gasteiger partial charge on any atom is -0.507 e. The Morgan fingerprint density at radius 1 is 1.26 bits per heavy atom. The molecule has 9 heteroatoms. The number of furan rings is 1. The van der Waals surface area contributed by atoms with Crippen molar-refractivity contribution >= 4 is 29.0 Å². The van der Waals surface area contributed by atoms with Gasteiger partial charge in [-0.05, 0) is 29.8 Å². The number of phenols is 1. The van der Waals surface area contributed by atoms with E-state index < -0.39 is 48.7 Å². The van der Waals surface area contributed by atoms with Gasteiger partial charge in [0.2, 0.25) is 0 Å². The van der Waals surface area contributed by atoms with Crippen molar-refractivity contribution in [1.29, 1.82) is 0 Å². The summed E-state index contributed by atoms with van der Waals surface area (Å²) in [7, 11) is 0. The van der Waals surface area contributed by atoms with Gasteiger partial charge in [0.05, 0.1) is 17.8 Å². The first-order valence-corrected chi connectivity index (χ1v) is 8.10. The molecule has 1 saturated carbocycles. The second kappa shape index (κ2) is 7.03. The SMILES string of the molecule is O=C(/C=C/c1cc(O)c2ccoc2c1)O[C@@H]1C[C@](O)(C(=O)O)C[C@@H](O)[C@H]1O. The molecule has 5 N–H and O–H groups in total. The van der Waals surface area contributed by atoms with Gasteiger partial charge in [-0.15, -0.1) is 0 Å². The first-order chi connectivity index (χ1) is 12.7. The smallest absolute Gasteiger partial charge is 0.335 e. The van der Waals surface area contributed by atoms with Crippen LogP contribution >= 0.6 is 0 Å². The molecule has 0 unspecified atom stereocenters. The summed E-state index contributed by atoms with van der Waals surface area (Å²) in [6, 6.07) is 4.58. The lowest BCUT2D eigenvalue weighted by molar-refractivity contribution is -0.196. The number of benzene rings is 1. The van der Waals surface area contributed by atoms with Crippen LogP contribution in [0, 0.1) is 0 Å². The maximum Gasteiger partial charge on any atom is 0.335 e. The number of carbonyl (C=O) groups excluding carboxylic acids is 1. The number of rotatable bonds is 4. The number of carbonyl (C=O) groups is 2. The molecule has 2 aromatic rings. The molecule has 1 aromatic heterocycles. The second-order valence-electron chi connectivity index (χ2n) is 6.48. The van der Waals surface area contributed by atoms with Gasteiger partial charge in [0.15, 0.2) is 5.60 Å². The summed E-state index contributed by atoms with van der Waals surface area (Å²) >= 11 is 0. The topological polar surface area (TPSA) is 158 Å². The van der Waals surface area contributed by atoms with Gasteiger partial charge in [-0.1, -0.05) is 0 Å². The van der Waals surface area contributed by atoms with Crippen molar-refractivity contribution in [2.75, 3.05) is 0 Å². The monoisotopic (exact) mass is 378 g/mol. The van der Waals surface area contributed by atoms with Crippen molar-refractivity contribution in [3.8, 4) is 5.75 Å². The Labute approximate surface area is 152 Å². The molecule has 27 heavy (non-hydrogen) atoms. The molecule has 1 aliphatic carbocycles. The Bertz CT molecular complexity index is 899. The zero-order valence-electron chi connectivity index (χ0n) is 14.0. The highest BCUT2D eigenvalue weighted by atomic mass is 16.6. The largest absolute Gasteiger partial charge is 0.507 e. The van der Waals surface area contributed by atoms with E-state index in [4.69, 9.17) is 14.3 Å². The predicted octanol–water partition coefficient (Wildman–Crippen LogP) is 0.395. The molecule has 0 amide bonds. The maximum absolute atomic E-state index is 12.0. The van der Waals surface area contributed by atoms with E-state index in [1.54, 1.807) is 12.1 Å². The van der Waals surface area contributed by atoms with Crippen LogP contribution in [0.5, 0.6) is 5.75 Å². The summed E-state index contributed by atoms with van der Waals surface area (Å²) in [4.78, 5) is 23.2. The van der Waals surface area contributed by atoms with Gasteiger partial charge in [0.25, 0.3) is 0 Å². The summed E-state index contributed by atoms with van der Waals surface area (Å²) in [5.41, 5.74) is -1.44. The number of carboxylic acids is 1. The lowest BCUT2D eigenvalue weighted by atomic mass is 9.79. The van der Waals surface area contributed by atoms with Gasteiger partial charge in [-0.2, -0.15) is 0 Å². The molecule has 144 valence electrons. The number of aliphatic hydroxyl groups is 3. The van der Waals surface area contributed by atoms with E-state index in [2.05, 4.69) is 0 Å². The highest BCUT2D eigenvalue weighted by Crippen LogP contribution is 2.31. The van der Waals surface area contributed by atoms with Crippen LogP contribution in [0.3, 0.4) is 0 Å². The molecule has 1 heterocycles. The van der Waals surface area contributed by atoms with Gasteiger partial charge in [-0.25, -0.2) is 9.59 Å². The molecule has 0 radical (unpaired) electrons. The van der Waals surface area contributed by atoms with Crippen molar-refractivity contribution in [2.24, 2.45) is 0 Å². The summed E-state index contributed by atoms with van der Waals surface area (Å²) in [6.07, 6.45) is -1.85. The Kier molecular flexibility index (Phi) is 4.92. The first-order valence-electron chi connectivity index (χ1n) is 8.10. The zero-order chi connectivity index (χ0) is 19.8. The van der Waals surface area contributed by atoms with E-state index in [-0.39, 0.29) is 5.75 Å². The normalized spacial score (nSPS) is 28.5. The van der Waals surface area contributed by atoms with E-state index in [1.807, 2.05) is 0 Å². The van der Waals surface area contributed by atoms with Crippen molar-refractivity contribution in [2.45, 2.75) is 36.8 Å². The van der Waals surface area contributed by atoms with Crippen LogP contribution in [-0.4, -0.2) is 61.4 Å². The van der Waals surface area contributed by atoms with Gasteiger partial charge >= 0.3 is 11.9 Å². The van der Waals surface area contributed by atoms with Crippen molar-refractivity contribution in [3.05, 3.63) is 36.1 Å². The Hall–Kier alpha value is -2.88. The number of aliphatic carboxylic acids is 1. The molecule has 0 bridgehead atoms. The van der Waals surface area contributed by atoms with Gasteiger partial charge in [-0.3, -0.25) is 0 Å². The molecule has 0 saturated heterocycles. The average molecular weight is 378 g/mol. The molecule has 0 aliphatic heterocycles. The van der Waals surface area contributed by atoms with Crippen LogP contribution in [0.4, 0.5) is 0 Å². The van der Waals surface area contributed by atoms with E-state index in [0.29, 0.717) is 16.5 Å². The molecular weight excluding hydrogens is 360 g/mol. The van der Waals surface area contributed by atoms with E-state index in [1.165, 1.54) is 18.4 Å². The van der Waals surface area contributed by atoms with Crippen LogP contribution in [0.1, 0.15) is 18.4 Å². The number of hydrogen-bond donors (Lipinski definition) is 5. The quantitative estimate of drug-likeness (QED) is 0.375. The Morgan fingerprint density at radius 2 is 2.00 bits per heavy atom. The fourth-order valence-corrected chi connectivity index (χ4v) is 3.06. The number of aromatic hydroxyl groups is 1. The van der Waals surface area contributed by atoms with Crippen LogP contribution in [0.15, 0.2) is 35.0 Å². The minimum atomic E-state index is -2.30. The first kappa shape index (κ1) is 18.9. The number of ether oxygens (including phenoxy) is 1. The fraction of sp³-hybridized carbons (Fsp3) is 0.333.